The maximum absolute atomic E-state index is 5.76. The number of rotatable bonds is 7. The Morgan fingerprint density at radius 2 is 1.95 bits per heavy atom. The van der Waals surface area contributed by atoms with Crippen LogP contribution in [-0.2, 0) is 4.74 Å². The summed E-state index contributed by atoms with van der Waals surface area (Å²) < 4.78 is 5.76. The van der Waals surface area contributed by atoms with E-state index in [0.717, 1.165) is 24.4 Å². The van der Waals surface area contributed by atoms with E-state index in [9.17, 15) is 0 Å². The molecule has 1 saturated heterocycles. The molecule has 1 saturated carbocycles. The molecule has 1 heterocycles. The molecule has 0 bridgehead atoms. The molecule has 2 heteroatoms. The van der Waals surface area contributed by atoms with Crippen molar-refractivity contribution in [2.24, 2.45) is 17.8 Å². The lowest BCUT2D eigenvalue weighted by Crippen LogP contribution is -2.35. The van der Waals surface area contributed by atoms with E-state index in [1.165, 1.54) is 57.9 Å². The summed E-state index contributed by atoms with van der Waals surface area (Å²) in [5.41, 5.74) is 0. The van der Waals surface area contributed by atoms with Gasteiger partial charge >= 0.3 is 0 Å². The predicted octanol–water partition coefficient (Wildman–Crippen LogP) is 4.39. The molecule has 0 spiro atoms. The van der Waals surface area contributed by atoms with Crippen LogP contribution in [0.3, 0.4) is 0 Å². The van der Waals surface area contributed by atoms with Gasteiger partial charge in [0, 0.05) is 12.6 Å². The summed E-state index contributed by atoms with van der Waals surface area (Å²) in [7, 11) is 0. The van der Waals surface area contributed by atoms with Crippen molar-refractivity contribution in [2.75, 3.05) is 13.2 Å². The summed E-state index contributed by atoms with van der Waals surface area (Å²) in [4.78, 5) is 0. The van der Waals surface area contributed by atoms with Gasteiger partial charge in [0.05, 0.1) is 6.10 Å². The van der Waals surface area contributed by atoms with Gasteiger partial charge in [-0.05, 0) is 56.4 Å². The standard InChI is InChI=1S/C18H35NO/c1-14(2)19-13-17-10-9-15(3)12-16(17)6-4-7-18-8-5-11-20-18/h14-19H,4-13H2,1-3H3. The molecule has 4 atom stereocenters. The normalized spacial score (nSPS) is 34.8. The van der Waals surface area contributed by atoms with E-state index in [0.29, 0.717) is 12.1 Å². The highest BCUT2D eigenvalue weighted by atomic mass is 16.5. The lowest BCUT2D eigenvalue weighted by atomic mass is 9.72. The molecule has 1 aliphatic heterocycles. The van der Waals surface area contributed by atoms with E-state index >= 15 is 0 Å². The first-order valence-electron chi connectivity index (χ1n) is 9.00. The van der Waals surface area contributed by atoms with Crippen LogP contribution >= 0.6 is 0 Å². The quantitative estimate of drug-likeness (QED) is 0.747. The summed E-state index contributed by atoms with van der Waals surface area (Å²) >= 11 is 0. The van der Waals surface area contributed by atoms with Crippen molar-refractivity contribution in [1.82, 2.24) is 5.32 Å². The van der Waals surface area contributed by atoms with Crippen molar-refractivity contribution in [3.63, 3.8) is 0 Å². The van der Waals surface area contributed by atoms with Crippen LogP contribution in [0.1, 0.15) is 72.1 Å². The first-order valence-corrected chi connectivity index (χ1v) is 9.00. The second-order valence-corrected chi connectivity index (χ2v) is 7.57. The van der Waals surface area contributed by atoms with Gasteiger partial charge in [-0.25, -0.2) is 0 Å². The second-order valence-electron chi connectivity index (χ2n) is 7.57. The molecule has 2 fully saturated rings. The molecule has 1 N–H and O–H groups in total. The van der Waals surface area contributed by atoms with Gasteiger partial charge < -0.3 is 10.1 Å². The molecule has 2 nitrogen and oxygen atoms in total. The van der Waals surface area contributed by atoms with Gasteiger partial charge in [0.2, 0.25) is 0 Å². The van der Waals surface area contributed by atoms with E-state index in [1.807, 2.05) is 0 Å². The molecule has 0 aromatic rings. The average Bonchev–Trinajstić information content (AvgIpc) is 2.91. The molecule has 2 rings (SSSR count). The van der Waals surface area contributed by atoms with Gasteiger partial charge in [-0.1, -0.05) is 40.0 Å². The highest BCUT2D eigenvalue weighted by Crippen LogP contribution is 2.36. The summed E-state index contributed by atoms with van der Waals surface area (Å²) in [6, 6.07) is 0.627. The fourth-order valence-corrected chi connectivity index (χ4v) is 4.05. The second kappa shape index (κ2) is 8.38. The number of ether oxygens (including phenoxy) is 1. The zero-order valence-electron chi connectivity index (χ0n) is 13.9. The predicted molar refractivity (Wildman–Crippen MR) is 86.0 cm³/mol. The van der Waals surface area contributed by atoms with Gasteiger partial charge in [-0.15, -0.1) is 0 Å². The molecule has 4 unspecified atom stereocenters. The largest absolute Gasteiger partial charge is 0.378 e. The third-order valence-electron chi connectivity index (χ3n) is 5.32. The van der Waals surface area contributed by atoms with Gasteiger partial charge in [-0.2, -0.15) is 0 Å². The number of nitrogens with one attached hydrogen (secondary N) is 1. The molecule has 0 aromatic heterocycles. The molecular weight excluding hydrogens is 246 g/mol. The minimum Gasteiger partial charge on any atom is -0.378 e. The monoisotopic (exact) mass is 281 g/mol. The van der Waals surface area contributed by atoms with Crippen LogP contribution in [0.5, 0.6) is 0 Å². The Bertz CT molecular complexity index is 260. The minimum absolute atomic E-state index is 0.586. The van der Waals surface area contributed by atoms with E-state index in [1.54, 1.807) is 0 Å². The van der Waals surface area contributed by atoms with Crippen molar-refractivity contribution >= 4 is 0 Å². The first kappa shape index (κ1) is 16.3. The van der Waals surface area contributed by atoms with Crippen molar-refractivity contribution in [1.29, 1.82) is 0 Å². The van der Waals surface area contributed by atoms with Gasteiger partial charge in [0.25, 0.3) is 0 Å². The van der Waals surface area contributed by atoms with E-state index in [2.05, 4.69) is 26.1 Å². The lowest BCUT2D eigenvalue weighted by molar-refractivity contribution is 0.0960. The molecule has 118 valence electrons. The molecule has 0 radical (unpaired) electrons. The van der Waals surface area contributed by atoms with Crippen LogP contribution in [0.2, 0.25) is 0 Å². The molecule has 0 aromatic carbocycles. The zero-order valence-corrected chi connectivity index (χ0v) is 13.9. The SMILES string of the molecule is CC1CCC(CNC(C)C)C(CCCC2CCCO2)C1. The van der Waals surface area contributed by atoms with E-state index in [4.69, 9.17) is 4.74 Å². The summed E-state index contributed by atoms with van der Waals surface area (Å²) in [6.07, 6.45) is 11.6. The Morgan fingerprint density at radius 3 is 2.65 bits per heavy atom. The van der Waals surface area contributed by atoms with E-state index < -0.39 is 0 Å². The maximum Gasteiger partial charge on any atom is 0.0576 e. The molecule has 1 aliphatic carbocycles. The Morgan fingerprint density at radius 1 is 1.10 bits per heavy atom. The van der Waals surface area contributed by atoms with Crippen LogP contribution in [0.15, 0.2) is 0 Å². The van der Waals surface area contributed by atoms with Gasteiger partial charge in [0.1, 0.15) is 0 Å². The van der Waals surface area contributed by atoms with Crippen molar-refractivity contribution in [3.8, 4) is 0 Å². The Hall–Kier alpha value is -0.0800. The fraction of sp³-hybridized carbons (Fsp3) is 1.00. The van der Waals surface area contributed by atoms with Gasteiger partial charge in [-0.3, -0.25) is 0 Å². The minimum atomic E-state index is 0.586. The molecule has 20 heavy (non-hydrogen) atoms. The molecule has 0 amide bonds. The summed E-state index contributed by atoms with van der Waals surface area (Å²) in [5, 5.41) is 3.67. The lowest BCUT2D eigenvalue weighted by Gasteiger charge is -2.36. The number of hydrogen-bond acceptors (Lipinski definition) is 2. The third-order valence-corrected chi connectivity index (χ3v) is 5.32. The summed E-state index contributed by atoms with van der Waals surface area (Å²) in [6.45, 7) is 9.20. The fourth-order valence-electron chi connectivity index (χ4n) is 4.05. The average molecular weight is 281 g/mol. The third kappa shape index (κ3) is 5.37. The van der Waals surface area contributed by atoms with Crippen molar-refractivity contribution < 1.29 is 4.74 Å². The van der Waals surface area contributed by atoms with Crippen LogP contribution < -0.4 is 5.32 Å². The van der Waals surface area contributed by atoms with Crippen LogP contribution in [0.4, 0.5) is 0 Å². The smallest absolute Gasteiger partial charge is 0.0576 e. The van der Waals surface area contributed by atoms with Crippen molar-refractivity contribution in [2.45, 2.75) is 84.3 Å². The Labute approximate surface area is 126 Å². The topological polar surface area (TPSA) is 21.3 Å². The highest BCUT2D eigenvalue weighted by Gasteiger charge is 2.28. The van der Waals surface area contributed by atoms with E-state index in [-0.39, 0.29) is 0 Å². The first-order chi connectivity index (χ1) is 9.65. The summed E-state index contributed by atoms with van der Waals surface area (Å²) in [5.74, 6) is 2.81. The van der Waals surface area contributed by atoms with Gasteiger partial charge in [0.15, 0.2) is 0 Å². The molecule has 2 aliphatic rings. The molecular formula is C18H35NO. The zero-order chi connectivity index (χ0) is 14.4. The van der Waals surface area contributed by atoms with Crippen LogP contribution in [0.25, 0.3) is 0 Å². The Kier molecular flexibility index (Phi) is 6.83. The van der Waals surface area contributed by atoms with Crippen LogP contribution in [-0.4, -0.2) is 25.3 Å². The highest BCUT2D eigenvalue weighted by molar-refractivity contribution is 4.81. The van der Waals surface area contributed by atoms with Crippen LogP contribution in [0, 0.1) is 17.8 Å². The van der Waals surface area contributed by atoms with Crippen molar-refractivity contribution in [3.05, 3.63) is 0 Å². The maximum atomic E-state index is 5.76. The Balaban J connectivity index is 1.71. The number of hydrogen-bond donors (Lipinski definition) is 1.